The summed E-state index contributed by atoms with van der Waals surface area (Å²) in [6.07, 6.45) is -18.8. The Labute approximate surface area is 354 Å². The Kier molecular flexibility index (Phi) is 13.7. The minimum absolute atomic E-state index is 0.0123. The van der Waals surface area contributed by atoms with E-state index in [0.29, 0.717) is 16.7 Å². The molecule has 19 heteroatoms. The van der Waals surface area contributed by atoms with Gasteiger partial charge in [0.2, 0.25) is 5.91 Å². The van der Waals surface area contributed by atoms with E-state index in [-0.39, 0.29) is 34.7 Å². The Morgan fingerprint density at radius 1 is 0.710 bits per heavy atom. The molecular formula is C43H47F2NO15S. The highest BCUT2D eigenvalue weighted by Crippen LogP contribution is 2.49. The monoisotopic (exact) mass is 887 g/mol. The van der Waals surface area contributed by atoms with Crippen LogP contribution in [-0.2, 0) is 28.8 Å². The Morgan fingerprint density at radius 2 is 1.31 bits per heavy atom. The van der Waals surface area contributed by atoms with Crippen LogP contribution in [0, 0.1) is 17.6 Å². The van der Waals surface area contributed by atoms with Gasteiger partial charge in [0.15, 0.2) is 16.1 Å². The molecule has 334 valence electrons. The zero-order chi connectivity index (χ0) is 44.6. The molecule has 0 saturated carbocycles. The number of aliphatic hydroxyl groups is 8. The van der Waals surface area contributed by atoms with Crippen LogP contribution in [-0.4, -0.2) is 140 Å². The molecule has 16 nitrogen and oxygen atoms in total. The maximum Gasteiger partial charge on any atom is 0.233 e. The zero-order valence-electron chi connectivity index (χ0n) is 32.8. The molecular weight excluding hydrogens is 841 g/mol. The van der Waals surface area contributed by atoms with Crippen molar-refractivity contribution >= 4 is 21.4 Å². The standard InChI is InChI=1S/C43H47F2NO15S/c44-24-6-1-22(2-7-24)30(50)16-15-29-35(46(42(29)56)26-10-8-25(45)9-11-26)28-14-5-23(21-3-12-27(49)13-4-21)17-34(28)62(57,58)20-33-37(52)39(54)41(32(19-48)59-33)61-43-40(55)38(53)36(51)31(18-47)60-43/h1-14,17,29-33,35-41,43,47-55H,15-16,18-20H2/t29-,30+,31-,32-,33+,35-,36-,37+,38+,39-,40-,41?,43+/m1/s1. The van der Waals surface area contributed by atoms with Crippen LogP contribution < -0.4 is 4.90 Å². The minimum atomic E-state index is -4.65. The quantitative estimate of drug-likeness (QED) is 0.0800. The highest BCUT2D eigenvalue weighted by Gasteiger charge is 2.53. The third-order valence-corrected chi connectivity index (χ3v) is 13.5. The number of hydrogen-bond donors (Lipinski definition) is 9. The number of phenols is 1. The fourth-order valence-corrected chi connectivity index (χ4v) is 10.00. The van der Waals surface area contributed by atoms with Gasteiger partial charge in [0.25, 0.3) is 0 Å². The number of β-lactam (4-membered cyclic amide) rings is 1. The van der Waals surface area contributed by atoms with Crippen molar-refractivity contribution in [2.24, 2.45) is 5.92 Å². The Hall–Kier alpha value is -4.48. The fourth-order valence-electron chi connectivity index (χ4n) is 8.26. The van der Waals surface area contributed by atoms with Crippen molar-refractivity contribution in [2.45, 2.75) is 91.1 Å². The second kappa shape index (κ2) is 18.7. The molecule has 0 bridgehead atoms. The van der Waals surface area contributed by atoms with E-state index in [1.54, 1.807) is 18.2 Å². The molecule has 1 unspecified atom stereocenters. The molecule has 7 rings (SSSR count). The number of aliphatic hydroxyl groups excluding tert-OH is 8. The second-order valence-corrected chi connectivity index (χ2v) is 17.6. The highest BCUT2D eigenvalue weighted by molar-refractivity contribution is 7.91. The predicted octanol–water partition coefficient (Wildman–Crippen LogP) is 0.996. The van der Waals surface area contributed by atoms with Crippen LogP contribution in [0.25, 0.3) is 11.1 Å². The van der Waals surface area contributed by atoms with E-state index in [2.05, 4.69) is 0 Å². The van der Waals surface area contributed by atoms with Gasteiger partial charge in [-0.3, -0.25) is 4.79 Å². The molecule has 3 saturated heterocycles. The summed E-state index contributed by atoms with van der Waals surface area (Å²) >= 11 is 0. The second-order valence-electron chi connectivity index (χ2n) is 15.6. The van der Waals surface area contributed by atoms with Crippen LogP contribution in [0.2, 0.25) is 0 Å². The smallest absolute Gasteiger partial charge is 0.233 e. The number of ether oxygens (including phenoxy) is 3. The molecule has 0 radical (unpaired) electrons. The van der Waals surface area contributed by atoms with E-state index in [9.17, 15) is 68.0 Å². The zero-order valence-corrected chi connectivity index (χ0v) is 33.6. The number of hydrogen-bond acceptors (Lipinski definition) is 15. The lowest BCUT2D eigenvalue weighted by Gasteiger charge is -2.48. The van der Waals surface area contributed by atoms with E-state index < -0.39 is 126 Å². The van der Waals surface area contributed by atoms with Gasteiger partial charge >= 0.3 is 0 Å². The number of halogens is 2. The predicted molar refractivity (Wildman–Crippen MR) is 213 cm³/mol. The Balaban J connectivity index is 1.22. The first kappa shape index (κ1) is 45.5. The summed E-state index contributed by atoms with van der Waals surface area (Å²) in [5.74, 6) is -3.55. The van der Waals surface area contributed by atoms with E-state index in [0.717, 1.165) is 12.1 Å². The molecule has 4 aromatic rings. The summed E-state index contributed by atoms with van der Waals surface area (Å²) in [6.45, 7) is -1.71. The summed E-state index contributed by atoms with van der Waals surface area (Å²) < 4.78 is 74.2. The number of sulfone groups is 1. The van der Waals surface area contributed by atoms with Gasteiger partial charge in [-0.2, -0.15) is 0 Å². The van der Waals surface area contributed by atoms with Crippen molar-refractivity contribution in [3.63, 3.8) is 0 Å². The molecule has 62 heavy (non-hydrogen) atoms. The van der Waals surface area contributed by atoms with Gasteiger partial charge in [0, 0.05) is 5.69 Å². The average Bonchev–Trinajstić information content (AvgIpc) is 3.26. The lowest BCUT2D eigenvalue weighted by molar-refractivity contribution is -0.341. The van der Waals surface area contributed by atoms with Crippen molar-refractivity contribution in [2.75, 3.05) is 23.9 Å². The molecule has 3 fully saturated rings. The van der Waals surface area contributed by atoms with Crippen LogP contribution >= 0.6 is 0 Å². The summed E-state index contributed by atoms with van der Waals surface area (Å²) in [7, 11) is -4.65. The van der Waals surface area contributed by atoms with Gasteiger partial charge in [0.1, 0.15) is 72.3 Å². The molecule has 3 heterocycles. The molecule has 0 aromatic heterocycles. The lowest BCUT2D eigenvalue weighted by atomic mass is 9.78. The third kappa shape index (κ3) is 9.12. The van der Waals surface area contributed by atoms with Crippen molar-refractivity contribution in [1.29, 1.82) is 0 Å². The molecule has 3 aliphatic heterocycles. The first-order valence-electron chi connectivity index (χ1n) is 19.8. The Bertz CT molecular complexity index is 2280. The van der Waals surface area contributed by atoms with Gasteiger partial charge in [-0.15, -0.1) is 0 Å². The van der Waals surface area contributed by atoms with Crippen molar-refractivity contribution in [3.05, 3.63) is 114 Å². The normalized spacial score (nSPS) is 30.8. The Morgan fingerprint density at radius 3 is 1.94 bits per heavy atom. The summed E-state index contributed by atoms with van der Waals surface area (Å²) in [5, 5.41) is 94.4. The summed E-state index contributed by atoms with van der Waals surface area (Å²) in [4.78, 5) is 15.0. The number of carbonyl (C=O) groups is 1. The van der Waals surface area contributed by atoms with Gasteiger partial charge in [-0.25, -0.2) is 17.2 Å². The molecule has 4 aromatic carbocycles. The van der Waals surface area contributed by atoms with Gasteiger partial charge < -0.3 is 65.1 Å². The van der Waals surface area contributed by atoms with Crippen LogP contribution in [0.3, 0.4) is 0 Å². The van der Waals surface area contributed by atoms with Gasteiger partial charge in [-0.1, -0.05) is 36.4 Å². The third-order valence-electron chi connectivity index (χ3n) is 11.7. The molecule has 1 amide bonds. The number of rotatable bonds is 14. The van der Waals surface area contributed by atoms with Crippen molar-refractivity contribution in [1.82, 2.24) is 0 Å². The maximum atomic E-state index is 14.8. The molecule has 0 aliphatic carbocycles. The van der Waals surface area contributed by atoms with Crippen LogP contribution in [0.1, 0.15) is 36.1 Å². The summed E-state index contributed by atoms with van der Waals surface area (Å²) in [5.41, 5.74) is 1.59. The number of carbonyl (C=O) groups excluding carboxylic acids is 1. The van der Waals surface area contributed by atoms with Crippen LogP contribution in [0.15, 0.2) is 95.9 Å². The molecule has 3 aliphatic rings. The van der Waals surface area contributed by atoms with Crippen LogP contribution in [0.4, 0.5) is 14.5 Å². The molecule has 0 spiro atoms. The SMILES string of the molecule is O=C1[C@H](CC[C@H](O)c2ccc(F)cc2)[C@@H](c2ccc(-c3ccc(O)cc3)cc2S(=O)(=O)C[C@@H]2O[C@H](CO)C(O[C@@H]3O[C@H](CO)[C@@H](O)[C@H](O)[C@H]3O)[C@H](O)[C@H]2O)N1c1ccc(F)cc1. The number of phenolic OH excluding ortho intramolecular Hbond substituents is 1. The lowest BCUT2D eigenvalue weighted by Crippen LogP contribution is -2.65. The number of amides is 1. The van der Waals surface area contributed by atoms with Crippen molar-refractivity contribution < 1.29 is 82.2 Å². The van der Waals surface area contributed by atoms with Crippen molar-refractivity contribution in [3.8, 4) is 16.9 Å². The fraction of sp³-hybridized carbons (Fsp3) is 0.419. The largest absolute Gasteiger partial charge is 0.508 e. The number of benzene rings is 4. The first-order valence-corrected chi connectivity index (χ1v) is 21.4. The minimum Gasteiger partial charge on any atom is -0.508 e. The molecule has 13 atom stereocenters. The number of anilines is 1. The van der Waals surface area contributed by atoms with Gasteiger partial charge in [0.05, 0.1) is 41.9 Å². The van der Waals surface area contributed by atoms with E-state index in [4.69, 9.17) is 14.2 Å². The van der Waals surface area contributed by atoms with E-state index in [1.165, 1.54) is 65.6 Å². The number of aromatic hydroxyl groups is 1. The summed E-state index contributed by atoms with van der Waals surface area (Å²) in [6, 6.07) is 19.5. The average molecular weight is 888 g/mol. The number of nitrogens with zero attached hydrogens (tertiary/aromatic N) is 1. The van der Waals surface area contributed by atoms with Gasteiger partial charge in [-0.05, 0) is 89.7 Å². The first-order chi connectivity index (χ1) is 29.5. The molecule has 9 N–H and O–H groups in total. The van der Waals surface area contributed by atoms with E-state index >= 15 is 0 Å². The van der Waals surface area contributed by atoms with Crippen LogP contribution in [0.5, 0.6) is 5.75 Å². The maximum absolute atomic E-state index is 14.8. The van der Waals surface area contributed by atoms with E-state index in [1.807, 2.05) is 0 Å². The topological polar surface area (TPSA) is 264 Å². The highest BCUT2D eigenvalue weighted by atomic mass is 32.2.